The smallest absolute Gasteiger partial charge is 0.194 e. The fraction of sp³-hybridized carbons (Fsp3) is 0.600. The SMILES string of the molecule is Cc1nc(C(=O)C2CC2C)sc1CN. The summed E-state index contributed by atoms with van der Waals surface area (Å²) in [5, 5.41) is 0.650. The van der Waals surface area contributed by atoms with Gasteiger partial charge in [0.15, 0.2) is 10.8 Å². The lowest BCUT2D eigenvalue weighted by Gasteiger charge is -1.90. The van der Waals surface area contributed by atoms with E-state index in [9.17, 15) is 4.79 Å². The van der Waals surface area contributed by atoms with E-state index in [0.29, 0.717) is 17.5 Å². The van der Waals surface area contributed by atoms with Crippen LogP contribution in [0.4, 0.5) is 0 Å². The minimum atomic E-state index is 0.213. The van der Waals surface area contributed by atoms with Gasteiger partial charge in [0.05, 0.1) is 5.69 Å². The molecule has 1 aliphatic rings. The molecule has 2 rings (SSSR count). The number of thiazole rings is 1. The molecule has 1 fully saturated rings. The Hall–Kier alpha value is -0.740. The Bertz CT molecular complexity index is 372. The molecule has 0 bridgehead atoms. The largest absolute Gasteiger partial charge is 0.326 e. The first kappa shape index (κ1) is 9.80. The van der Waals surface area contributed by atoms with Crippen molar-refractivity contribution in [2.45, 2.75) is 26.8 Å². The summed E-state index contributed by atoms with van der Waals surface area (Å²) in [6.45, 7) is 4.50. The maximum Gasteiger partial charge on any atom is 0.194 e. The van der Waals surface area contributed by atoms with Crippen molar-refractivity contribution < 1.29 is 4.79 Å². The standard InChI is InChI=1S/C10H14N2OS/c1-5-3-7(5)9(13)10-12-6(2)8(4-11)14-10/h5,7H,3-4,11H2,1-2H3. The van der Waals surface area contributed by atoms with Crippen LogP contribution in [0.1, 0.15) is 33.7 Å². The van der Waals surface area contributed by atoms with E-state index in [2.05, 4.69) is 11.9 Å². The second-order valence-electron chi connectivity index (χ2n) is 3.92. The molecule has 0 amide bonds. The lowest BCUT2D eigenvalue weighted by atomic mass is 10.2. The summed E-state index contributed by atoms with van der Waals surface area (Å²) in [6, 6.07) is 0. The molecule has 1 saturated carbocycles. The Balaban J connectivity index is 2.20. The predicted molar refractivity (Wildman–Crippen MR) is 56.3 cm³/mol. The molecular weight excluding hydrogens is 196 g/mol. The zero-order valence-corrected chi connectivity index (χ0v) is 9.23. The monoisotopic (exact) mass is 210 g/mol. The van der Waals surface area contributed by atoms with Gasteiger partial charge in [0.1, 0.15) is 0 Å². The normalized spacial score (nSPS) is 25.1. The van der Waals surface area contributed by atoms with E-state index in [1.165, 1.54) is 11.3 Å². The van der Waals surface area contributed by atoms with E-state index in [0.717, 1.165) is 17.0 Å². The van der Waals surface area contributed by atoms with Crippen LogP contribution in [0.25, 0.3) is 0 Å². The van der Waals surface area contributed by atoms with Crippen LogP contribution in [0, 0.1) is 18.8 Å². The first-order valence-corrected chi connectivity index (χ1v) is 5.65. The highest BCUT2D eigenvalue weighted by Crippen LogP contribution is 2.41. The highest BCUT2D eigenvalue weighted by atomic mass is 32.1. The highest BCUT2D eigenvalue weighted by Gasteiger charge is 2.40. The van der Waals surface area contributed by atoms with Crippen molar-refractivity contribution in [2.75, 3.05) is 0 Å². The van der Waals surface area contributed by atoms with Gasteiger partial charge in [0, 0.05) is 17.3 Å². The number of hydrogen-bond acceptors (Lipinski definition) is 4. The highest BCUT2D eigenvalue weighted by molar-refractivity contribution is 7.13. The lowest BCUT2D eigenvalue weighted by Crippen LogP contribution is -2.01. The number of rotatable bonds is 3. The van der Waals surface area contributed by atoms with E-state index >= 15 is 0 Å². The molecule has 1 aromatic heterocycles. The summed E-state index contributed by atoms with van der Waals surface area (Å²) in [6.07, 6.45) is 1.02. The molecular formula is C10H14N2OS. The topological polar surface area (TPSA) is 56.0 Å². The Morgan fingerprint density at radius 1 is 1.71 bits per heavy atom. The second kappa shape index (κ2) is 3.44. The molecule has 76 valence electrons. The molecule has 2 N–H and O–H groups in total. The molecule has 2 atom stereocenters. The number of aryl methyl sites for hydroxylation is 1. The molecule has 0 aliphatic heterocycles. The van der Waals surface area contributed by atoms with Crippen LogP contribution < -0.4 is 5.73 Å². The summed E-state index contributed by atoms with van der Waals surface area (Å²) >= 11 is 1.45. The molecule has 1 aliphatic carbocycles. The lowest BCUT2D eigenvalue weighted by molar-refractivity contribution is 0.0962. The molecule has 0 saturated heterocycles. The second-order valence-corrected chi connectivity index (χ2v) is 5.00. The Labute approximate surface area is 87.3 Å². The van der Waals surface area contributed by atoms with E-state index in [1.54, 1.807) is 0 Å². The van der Waals surface area contributed by atoms with Gasteiger partial charge < -0.3 is 5.73 Å². The van der Waals surface area contributed by atoms with Gasteiger partial charge in [-0.05, 0) is 19.3 Å². The summed E-state index contributed by atoms with van der Waals surface area (Å²) in [7, 11) is 0. The number of Topliss-reactive ketones (excluding diaryl/α,β-unsaturated/α-hetero) is 1. The summed E-state index contributed by atoms with van der Waals surface area (Å²) in [5.74, 6) is 0.990. The minimum absolute atomic E-state index is 0.213. The summed E-state index contributed by atoms with van der Waals surface area (Å²) in [5.41, 5.74) is 6.45. The van der Waals surface area contributed by atoms with Crippen molar-refractivity contribution >= 4 is 17.1 Å². The van der Waals surface area contributed by atoms with Crippen LogP contribution in [-0.4, -0.2) is 10.8 Å². The quantitative estimate of drug-likeness (QED) is 0.773. The van der Waals surface area contributed by atoms with Crippen molar-refractivity contribution in [3.8, 4) is 0 Å². The van der Waals surface area contributed by atoms with Crippen LogP contribution in [0.15, 0.2) is 0 Å². The van der Waals surface area contributed by atoms with Gasteiger partial charge in [-0.25, -0.2) is 4.98 Å². The van der Waals surface area contributed by atoms with Crippen molar-refractivity contribution in [2.24, 2.45) is 17.6 Å². The Morgan fingerprint density at radius 3 is 2.79 bits per heavy atom. The first-order chi connectivity index (χ1) is 6.63. The average Bonchev–Trinajstić information content (AvgIpc) is 2.75. The average molecular weight is 210 g/mol. The van der Waals surface area contributed by atoms with Crippen LogP contribution in [0.5, 0.6) is 0 Å². The van der Waals surface area contributed by atoms with E-state index in [1.807, 2.05) is 6.92 Å². The van der Waals surface area contributed by atoms with Gasteiger partial charge in [-0.1, -0.05) is 6.92 Å². The zero-order valence-electron chi connectivity index (χ0n) is 8.41. The first-order valence-electron chi connectivity index (χ1n) is 4.84. The molecule has 0 spiro atoms. The Kier molecular flexibility index (Phi) is 2.41. The molecule has 0 aromatic carbocycles. The summed E-state index contributed by atoms with van der Waals surface area (Å²) < 4.78 is 0. The van der Waals surface area contributed by atoms with Gasteiger partial charge in [-0.15, -0.1) is 11.3 Å². The van der Waals surface area contributed by atoms with Crippen molar-refractivity contribution in [1.82, 2.24) is 4.98 Å². The van der Waals surface area contributed by atoms with Gasteiger partial charge >= 0.3 is 0 Å². The number of ketones is 1. The van der Waals surface area contributed by atoms with Gasteiger partial charge in [-0.2, -0.15) is 0 Å². The van der Waals surface area contributed by atoms with Crippen LogP contribution in [0.3, 0.4) is 0 Å². The summed E-state index contributed by atoms with van der Waals surface area (Å²) in [4.78, 5) is 17.1. The molecule has 14 heavy (non-hydrogen) atoms. The zero-order chi connectivity index (χ0) is 10.3. The van der Waals surface area contributed by atoms with Crippen LogP contribution >= 0.6 is 11.3 Å². The van der Waals surface area contributed by atoms with Crippen molar-refractivity contribution in [3.63, 3.8) is 0 Å². The molecule has 1 aromatic rings. The number of nitrogens with zero attached hydrogens (tertiary/aromatic N) is 1. The fourth-order valence-electron chi connectivity index (χ4n) is 1.57. The van der Waals surface area contributed by atoms with E-state index < -0.39 is 0 Å². The number of nitrogens with two attached hydrogens (primary N) is 1. The molecule has 4 heteroatoms. The number of aromatic nitrogens is 1. The minimum Gasteiger partial charge on any atom is -0.326 e. The number of hydrogen-bond donors (Lipinski definition) is 1. The third-order valence-electron chi connectivity index (χ3n) is 2.74. The molecule has 2 unspecified atom stereocenters. The van der Waals surface area contributed by atoms with E-state index in [4.69, 9.17) is 5.73 Å². The predicted octanol–water partition coefficient (Wildman–Crippen LogP) is 1.75. The third kappa shape index (κ3) is 1.60. The third-order valence-corrected chi connectivity index (χ3v) is 3.93. The van der Waals surface area contributed by atoms with E-state index in [-0.39, 0.29) is 11.7 Å². The maximum absolute atomic E-state index is 11.8. The van der Waals surface area contributed by atoms with Crippen molar-refractivity contribution in [1.29, 1.82) is 0 Å². The fourth-order valence-corrected chi connectivity index (χ4v) is 2.51. The van der Waals surface area contributed by atoms with Gasteiger partial charge in [0.2, 0.25) is 0 Å². The maximum atomic E-state index is 11.8. The molecule has 0 radical (unpaired) electrons. The van der Waals surface area contributed by atoms with Crippen LogP contribution in [0.2, 0.25) is 0 Å². The number of carbonyl (C=O) groups is 1. The van der Waals surface area contributed by atoms with Crippen LogP contribution in [-0.2, 0) is 6.54 Å². The molecule has 1 heterocycles. The van der Waals surface area contributed by atoms with Gasteiger partial charge in [-0.3, -0.25) is 4.79 Å². The molecule has 3 nitrogen and oxygen atoms in total. The van der Waals surface area contributed by atoms with Gasteiger partial charge in [0.25, 0.3) is 0 Å². The Morgan fingerprint density at radius 2 is 2.36 bits per heavy atom. The number of carbonyl (C=O) groups excluding carboxylic acids is 1. The van der Waals surface area contributed by atoms with Crippen molar-refractivity contribution in [3.05, 3.63) is 15.6 Å².